The van der Waals surface area contributed by atoms with Crippen molar-refractivity contribution in [3.8, 4) is 0 Å². The fourth-order valence-corrected chi connectivity index (χ4v) is 8.08. The van der Waals surface area contributed by atoms with Crippen LogP contribution in [0, 0.1) is 0 Å². The number of nitrogens with zero attached hydrogens (tertiary/aromatic N) is 8. The zero-order valence-electron chi connectivity index (χ0n) is 22.8. The van der Waals surface area contributed by atoms with Gasteiger partial charge in [-0.2, -0.15) is 0 Å². The first-order chi connectivity index (χ1) is 21.3. The van der Waals surface area contributed by atoms with E-state index >= 15 is 4.39 Å². The van der Waals surface area contributed by atoms with E-state index in [0.717, 1.165) is 6.33 Å². The number of imidazole rings is 2. The standard InChI is InChI=1S/C21H25FN10O10P2S/c1-7-13-15(12(33)21(39-13)32-6-30-11-17(24)26-4-28-19(11)32)42-44(36,45)37-2-8-14(41-43(34,35)40-7)9(22)20(38-8)31-5-29-10-16(23)25-3-27-18(10)31/h3-9,12-15,20-21,33H,2H2,1H3,(H,34,35)(H,36,45)(H2,23,25,27)(H2,24,26,28)/t7-,8?,9+,12+,13+,14+,15-,20+,21+,44?/m0/s1. The zero-order chi connectivity index (χ0) is 31.8. The van der Waals surface area contributed by atoms with Crippen molar-refractivity contribution < 1.29 is 51.4 Å². The van der Waals surface area contributed by atoms with Gasteiger partial charge in [-0.05, 0) is 18.7 Å². The van der Waals surface area contributed by atoms with Crippen molar-refractivity contribution >= 4 is 60.3 Å². The highest BCUT2D eigenvalue weighted by molar-refractivity contribution is 8.07. The molecule has 0 aromatic carbocycles. The summed E-state index contributed by atoms with van der Waals surface area (Å²) in [4.78, 5) is 45.9. The Balaban J connectivity index is 1.19. The molecule has 7 heterocycles. The van der Waals surface area contributed by atoms with Gasteiger partial charge in [0.15, 0.2) is 41.6 Å². The molecule has 7 rings (SSSR count). The number of fused-ring (bicyclic) bond motifs is 4. The van der Waals surface area contributed by atoms with E-state index in [1.54, 1.807) is 0 Å². The molecule has 4 aromatic heterocycles. The fourth-order valence-electron chi connectivity index (χ4n) is 5.50. The molecule has 4 aromatic rings. The van der Waals surface area contributed by atoms with E-state index in [1.807, 2.05) is 0 Å². The van der Waals surface area contributed by atoms with Crippen LogP contribution in [0.15, 0.2) is 25.3 Å². The fraction of sp³-hybridized carbons (Fsp3) is 0.524. The Kier molecular flexibility index (Phi) is 7.62. The lowest BCUT2D eigenvalue weighted by Gasteiger charge is -2.31. The number of ether oxygens (including phenoxy) is 2. The molecule has 3 aliphatic heterocycles. The number of hydrogen-bond acceptors (Lipinski definition) is 17. The highest BCUT2D eigenvalue weighted by Gasteiger charge is 2.55. The number of halogens is 1. The highest BCUT2D eigenvalue weighted by Crippen LogP contribution is 2.55. The topological polar surface area (TPSA) is 272 Å². The predicted octanol–water partition coefficient (Wildman–Crippen LogP) is -0.153. The molecule has 45 heavy (non-hydrogen) atoms. The number of aliphatic hydroxyl groups excluding tert-OH is 1. The molecule has 24 heteroatoms. The number of nitrogen functional groups attached to an aromatic ring is 2. The Hall–Kier alpha value is -2.85. The van der Waals surface area contributed by atoms with Gasteiger partial charge in [0.25, 0.3) is 0 Å². The second-order valence-electron chi connectivity index (χ2n) is 10.3. The minimum atomic E-state index is -5.09. The lowest BCUT2D eigenvalue weighted by Crippen LogP contribution is -2.41. The summed E-state index contributed by atoms with van der Waals surface area (Å²) in [5, 5.41) is 11.3. The molecule has 242 valence electrons. The molecule has 3 fully saturated rings. The number of aliphatic hydroxyl groups is 1. The highest BCUT2D eigenvalue weighted by atomic mass is 32.5. The third-order valence-electron chi connectivity index (χ3n) is 7.51. The maximum absolute atomic E-state index is 16.0. The van der Waals surface area contributed by atoms with Crippen LogP contribution in [0.2, 0.25) is 0 Å². The second-order valence-corrected chi connectivity index (χ2v) is 14.5. The van der Waals surface area contributed by atoms with Crippen LogP contribution >= 0.6 is 14.5 Å². The number of alkyl halides is 1. The van der Waals surface area contributed by atoms with Crippen molar-refractivity contribution in [3.05, 3.63) is 25.3 Å². The maximum Gasteiger partial charge on any atom is 0.473 e. The molecule has 3 aliphatic rings. The van der Waals surface area contributed by atoms with Gasteiger partial charge in [-0.3, -0.25) is 22.7 Å². The summed E-state index contributed by atoms with van der Waals surface area (Å²) >= 11 is 5.21. The summed E-state index contributed by atoms with van der Waals surface area (Å²) in [7, 11) is -5.09. The molecule has 0 saturated carbocycles. The number of nitrogens with two attached hydrogens (primary N) is 2. The Labute approximate surface area is 256 Å². The molecule has 0 bridgehead atoms. The zero-order valence-corrected chi connectivity index (χ0v) is 25.4. The quantitative estimate of drug-likeness (QED) is 0.171. The van der Waals surface area contributed by atoms with E-state index in [0.29, 0.717) is 0 Å². The Bertz CT molecular complexity index is 1870. The normalized spacial score (nSPS) is 39.4. The number of aromatic nitrogens is 8. The summed E-state index contributed by atoms with van der Waals surface area (Å²) in [6.07, 6.45) is -9.02. The van der Waals surface area contributed by atoms with Crippen LogP contribution in [0.25, 0.3) is 22.3 Å². The Morgan fingerprint density at radius 1 is 0.889 bits per heavy atom. The van der Waals surface area contributed by atoms with E-state index in [4.69, 9.17) is 50.8 Å². The molecule has 0 radical (unpaired) electrons. The van der Waals surface area contributed by atoms with Gasteiger partial charge in [-0.25, -0.2) is 38.9 Å². The first-order valence-electron chi connectivity index (χ1n) is 13.2. The van der Waals surface area contributed by atoms with Gasteiger partial charge < -0.3 is 40.4 Å². The third-order valence-corrected chi connectivity index (χ3v) is 10.2. The van der Waals surface area contributed by atoms with Crippen LogP contribution in [0.1, 0.15) is 19.4 Å². The van der Waals surface area contributed by atoms with Crippen LogP contribution in [-0.2, 0) is 43.9 Å². The van der Waals surface area contributed by atoms with Gasteiger partial charge in [0.2, 0.25) is 0 Å². The molecule has 0 amide bonds. The molecule has 0 spiro atoms. The average Bonchev–Trinajstić information content (AvgIpc) is 3.73. The van der Waals surface area contributed by atoms with Gasteiger partial charge in [0, 0.05) is 0 Å². The van der Waals surface area contributed by atoms with E-state index < -0.39 is 76.4 Å². The summed E-state index contributed by atoms with van der Waals surface area (Å²) < 4.78 is 65.5. The van der Waals surface area contributed by atoms with Crippen molar-refractivity contribution in [1.29, 1.82) is 0 Å². The van der Waals surface area contributed by atoms with E-state index in [1.165, 1.54) is 35.0 Å². The molecule has 3 unspecified atom stereocenters. The van der Waals surface area contributed by atoms with Crippen LogP contribution in [0.3, 0.4) is 0 Å². The molecule has 20 nitrogen and oxygen atoms in total. The minimum absolute atomic E-state index is 0.0365. The van der Waals surface area contributed by atoms with Crippen molar-refractivity contribution in [2.24, 2.45) is 0 Å². The summed E-state index contributed by atoms with van der Waals surface area (Å²) in [5.74, 6) is 0.109. The van der Waals surface area contributed by atoms with Crippen LogP contribution in [0.4, 0.5) is 16.0 Å². The van der Waals surface area contributed by atoms with Gasteiger partial charge in [-0.1, -0.05) is 0 Å². The maximum atomic E-state index is 16.0. The molecule has 3 saturated heterocycles. The molecular weight excluding hydrogens is 665 g/mol. The number of rotatable bonds is 2. The summed E-state index contributed by atoms with van der Waals surface area (Å²) in [6.45, 7) is -3.57. The van der Waals surface area contributed by atoms with Gasteiger partial charge in [-0.15, -0.1) is 0 Å². The van der Waals surface area contributed by atoms with Crippen molar-refractivity contribution in [1.82, 2.24) is 39.0 Å². The largest absolute Gasteiger partial charge is 0.473 e. The molecule has 11 atom stereocenters. The number of phosphoric acid groups is 1. The second kappa shape index (κ2) is 11.1. The van der Waals surface area contributed by atoms with Crippen LogP contribution in [0.5, 0.6) is 0 Å². The van der Waals surface area contributed by atoms with Crippen LogP contribution < -0.4 is 11.5 Å². The minimum Gasteiger partial charge on any atom is -0.386 e. The summed E-state index contributed by atoms with van der Waals surface area (Å²) in [5.41, 5.74) is 12.4. The monoisotopic (exact) mass is 690 g/mol. The lowest BCUT2D eigenvalue weighted by molar-refractivity contribution is -0.0852. The summed E-state index contributed by atoms with van der Waals surface area (Å²) in [6, 6.07) is 0. The average molecular weight is 691 g/mol. The van der Waals surface area contributed by atoms with Crippen molar-refractivity contribution in [2.75, 3.05) is 18.1 Å². The van der Waals surface area contributed by atoms with E-state index in [-0.39, 0.29) is 34.0 Å². The number of phosphoric ester groups is 1. The molecule has 0 aliphatic carbocycles. The smallest absolute Gasteiger partial charge is 0.386 e. The first kappa shape index (κ1) is 30.8. The van der Waals surface area contributed by atoms with Gasteiger partial charge in [0.1, 0.15) is 54.2 Å². The number of hydrogen-bond donors (Lipinski definition) is 5. The van der Waals surface area contributed by atoms with E-state index in [2.05, 4.69) is 29.9 Å². The first-order valence-corrected chi connectivity index (χ1v) is 17.3. The van der Waals surface area contributed by atoms with E-state index in [9.17, 15) is 19.5 Å². The number of anilines is 2. The van der Waals surface area contributed by atoms with Gasteiger partial charge in [0.05, 0.1) is 25.4 Å². The predicted molar refractivity (Wildman–Crippen MR) is 151 cm³/mol. The van der Waals surface area contributed by atoms with Crippen molar-refractivity contribution in [3.63, 3.8) is 0 Å². The lowest BCUT2D eigenvalue weighted by atomic mass is 10.1. The van der Waals surface area contributed by atoms with Crippen molar-refractivity contribution in [2.45, 2.75) is 62.2 Å². The Morgan fingerprint density at radius 3 is 2.11 bits per heavy atom. The SMILES string of the molecule is C[C@@H]1OP(=O)(O)O[C@@H]2C(COP(O)(=S)O[C@H]3[C@@H](O)[C@H](n4cnc5c(N)ncnc54)O[C@@H]31)O[C@@H](n1cnc3c(N)ncnc31)[C@@H]2F. The molecular formula is C21H25FN10O10P2S. The molecule has 7 N–H and O–H groups in total. The van der Waals surface area contributed by atoms with Gasteiger partial charge >= 0.3 is 14.5 Å². The van der Waals surface area contributed by atoms with Crippen LogP contribution in [-0.4, -0.2) is 103 Å². The third kappa shape index (κ3) is 5.39. The Morgan fingerprint density at radius 2 is 1.49 bits per heavy atom.